The summed E-state index contributed by atoms with van der Waals surface area (Å²) in [5, 5.41) is 23.4. The van der Waals surface area contributed by atoms with E-state index in [1.165, 1.54) is 6.92 Å². The van der Waals surface area contributed by atoms with E-state index in [-0.39, 0.29) is 6.04 Å². The number of nitriles is 2. The molecule has 0 saturated heterocycles. The Labute approximate surface area is 60.5 Å². The summed E-state index contributed by atoms with van der Waals surface area (Å²) in [6.07, 6.45) is -0.810. The van der Waals surface area contributed by atoms with Crippen molar-refractivity contribution >= 4 is 0 Å². The lowest BCUT2D eigenvalue weighted by atomic mass is 10.4. The van der Waals surface area contributed by atoms with E-state index in [2.05, 4.69) is 0 Å². The zero-order chi connectivity index (χ0) is 8.57. The molecule has 0 aromatic rings. The number of hydrogen-bond donors (Lipinski definition) is 2. The maximum Gasteiger partial charge on any atom is 0.137 e. The van der Waals surface area contributed by atoms with Crippen LogP contribution in [-0.4, -0.2) is 17.3 Å². The van der Waals surface area contributed by atoms with Crippen molar-refractivity contribution in [2.45, 2.75) is 26.0 Å². The zero-order valence-corrected chi connectivity index (χ0v) is 6.07. The second kappa shape index (κ2) is 7.90. The van der Waals surface area contributed by atoms with Gasteiger partial charge in [0.1, 0.15) is 6.10 Å². The normalized spacial score (nSPS) is 13.0. The Morgan fingerprint density at radius 2 is 1.50 bits per heavy atom. The molecule has 3 N–H and O–H groups in total. The highest BCUT2D eigenvalue weighted by molar-refractivity contribution is 4.80. The minimum Gasteiger partial charge on any atom is -0.378 e. The van der Waals surface area contributed by atoms with Crippen LogP contribution in [0.25, 0.3) is 0 Å². The fraction of sp³-hybridized carbons (Fsp3) is 0.667. The van der Waals surface area contributed by atoms with Gasteiger partial charge in [-0.2, -0.15) is 10.5 Å². The van der Waals surface area contributed by atoms with Gasteiger partial charge >= 0.3 is 0 Å². The van der Waals surface area contributed by atoms with Crippen LogP contribution < -0.4 is 5.73 Å². The summed E-state index contributed by atoms with van der Waals surface area (Å²) in [4.78, 5) is 0. The lowest BCUT2D eigenvalue weighted by Crippen LogP contribution is -2.09. The van der Waals surface area contributed by atoms with Crippen LogP contribution in [0.2, 0.25) is 0 Å². The number of hydrogen-bond acceptors (Lipinski definition) is 4. The third-order valence-corrected chi connectivity index (χ3v) is 0.390. The van der Waals surface area contributed by atoms with E-state index in [4.69, 9.17) is 21.4 Å². The summed E-state index contributed by atoms with van der Waals surface area (Å²) < 4.78 is 0. The summed E-state index contributed by atoms with van der Waals surface area (Å²) in [6, 6.07) is 3.08. The molecule has 0 aliphatic rings. The van der Waals surface area contributed by atoms with Crippen LogP contribution in [0.4, 0.5) is 0 Å². The average molecular weight is 141 g/mol. The average Bonchev–Trinajstić information content (AvgIpc) is 1.89. The third-order valence-electron chi connectivity index (χ3n) is 0.390. The fourth-order valence-corrected chi connectivity index (χ4v) is 0. The maximum atomic E-state index is 8.00. The molecule has 0 bridgehead atoms. The Bertz CT molecular complexity index is 122. The quantitative estimate of drug-likeness (QED) is 0.455. The molecule has 4 heteroatoms. The second-order valence-corrected chi connectivity index (χ2v) is 1.72. The number of aliphatic hydroxyl groups is 1. The van der Waals surface area contributed by atoms with Crippen LogP contribution in [0, 0.1) is 22.7 Å². The van der Waals surface area contributed by atoms with Gasteiger partial charge in [0.25, 0.3) is 0 Å². The number of rotatable bonds is 0. The molecule has 0 spiro atoms. The summed E-state index contributed by atoms with van der Waals surface area (Å²) >= 11 is 0. The lowest BCUT2D eigenvalue weighted by Gasteiger charge is -1.78. The molecule has 0 aliphatic carbocycles. The monoisotopic (exact) mass is 141 g/mol. The Morgan fingerprint density at radius 3 is 1.50 bits per heavy atom. The molecule has 2 unspecified atom stereocenters. The third kappa shape index (κ3) is 28.6. The van der Waals surface area contributed by atoms with Crippen LogP contribution in [0.3, 0.4) is 0 Å². The van der Waals surface area contributed by atoms with Crippen LogP contribution >= 0.6 is 0 Å². The predicted molar refractivity (Wildman–Crippen MR) is 36.6 cm³/mol. The number of nitrogens with two attached hydrogens (primary N) is 1. The molecular weight excluding hydrogens is 130 g/mol. The molecule has 0 heterocycles. The van der Waals surface area contributed by atoms with E-state index in [0.717, 1.165) is 0 Å². The number of aliphatic hydroxyl groups excluding tert-OH is 1. The first-order valence-corrected chi connectivity index (χ1v) is 2.77. The summed E-state index contributed by atoms with van der Waals surface area (Å²) in [6.45, 7) is 3.06. The van der Waals surface area contributed by atoms with Gasteiger partial charge in [0.05, 0.1) is 18.2 Å². The summed E-state index contributed by atoms with van der Waals surface area (Å²) in [5.41, 5.74) is 4.93. The van der Waals surface area contributed by atoms with Gasteiger partial charge in [-0.15, -0.1) is 0 Å². The fourth-order valence-electron chi connectivity index (χ4n) is 0. The lowest BCUT2D eigenvalue weighted by molar-refractivity contribution is 0.251. The highest BCUT2D eigenvalue weighted by Gasteiger charge is 1.80. The van der Waals surface area contributed by atoms with E-state index in [1.807, 2.05) is 0 Å². The van der Waals surface area contributed by atoms with Crippen molar-refractivity contribution in [3.8, 4) is 12.1 Å². The van der Waals surface area contributed by atoms with Gasteiger partial charge in [-0.25, -0.2) is 0 Å². The molecule has 0 amide bonds. The largest absolute Gasteiger partial charge is 0.378 e. The van der Waals surface area contributed by atoms with E-state index in [0.29, 0.717) is 0 Å². The smallest absolute Gasteiger partial charge is 0.137 e. The molecule has 0 aromatic heterocycles. The molecule has 0 aliphatic heterocycles. The maximum absolute atomic E-state index is 8.00. The van der Waals surface area contributed by atoms with Crippen molar-refractivity contribution in [3.05, 3.63) is 0 Å². The highest BCUT2D eigenvalue weighted by atomic mass is 16.3. The predicted octanol–water partition coefficient (Wildman–Crippen LogP) is -0.252. The Hall–Kier alpha value is -1.10. The Balaban J connectivity index is 0. The van der Waals surface area contributed by atoms with Crippen molar-refractivity contribution in [1.29, 1.82) is 10.5 Å². The van der Waals surface area contributed by atoms with Crippen molar-refractivity contribution in [1.82, 2.24) is 0 Å². The summed E-state index contributed by atoms with van der Waals surface area (Å²) in [5.74, 6) is 0. The van der Waals surface area contributed by atoms with Gasteiger partial charge in [-0.1, -0.05) is 0 Å². The van der Waals surface area contributed by atoms with Crippen molar-refractivity contribution in [3.63, 3.8) is 0 Å². The molecule has 2 atom stereocenters. The van der Waals surface area contributed by atoms with E-state index in [9.17, 15) is 0 Å². The van der Waals surface area contributed by atoms with Crippen molar-refractivity contribution < 1.29 is 5.11 Å². The Kier molecular flexibility index (Phi) is 9.22. The molecule has 56 valence electrons. The van der Waals surface area contributed by atoms with Crippen LogP contribution in [0.5, 0.6) is 0 Å². The molecule has 4 nitrogen and oxygen atoms in total. The SMILES string of the molecule is CC(N)C#N.CC(O)C#N. The Morgan fingerprint density at radius 1 is 1.30 bits per heavy atom. The first kappa shape index (κ1) is 11.7. The van der Waals surface area contributed by atoms with Crippen molar-refractivity contribution in [2.75, 3.05) is 0 Å². The second-order valence-electron chi connectivity index (χ2n) is 1.72. The highest BCUT2D eigenvalue weighted by Crippen LogP contribution is 1.66. The first-order valence-electron chi connectivity index (χ1n) is 2.77. The molecular formula is C6H11N3O. The molecule has 0 rings (SSSR count). The molecule has 0 radical (unpaired) electrons. The van der Waals surface area contributed by atoms with Crippen LogP contribution in [-0.2, 0) is 0 Å². The van der Waals surface area contributed by atoms with Gasteiger partial charge < -0.3 is 10.8 Å². The molecule has 10 heavy (non-hydrogen) atoms. The number of nitrogens with zero attached hydrogens (tertiary/aromatic N) is 2. The standard InChI is InChI=1S/C3H6N2.C3H5NO/c2*1-3(5)2-4/h3H,5H2,1H3;3,5H,1H3. The molecule has 0 aromatic carbocycles. The van der Waals surface area contributed by atoms with Crippen LogP contribution in [0.15, 0.2) is 0 Å². The van der Waals surface area contributed by atoms with Gasteiger partial charge in [0.2, 0.25) is 0 Å². The minimum absolute atomic E-state index is 0.310. The van der Waals surface area contributed by atoms with E-state index < -0.39 is 6.10 Å². The van der Waals surface area contributed by atoms with Crippen LogP contribution in [0.1, 0.15) is 13.8 Å². The first-order chi connectivity index (χ1) is 4.54. The van der Waals surface area contributed by atoms with Gasteiger partial charge in [0, 0.05) is 0 Å². The van der Waals surface area contributed by atoms with Gasteiger partial charge in [-0.3, -0.25) is 0 Å². The minimum atomic E-state index is -0.810. The van der Waals surface area contributed by atoms with Gasteiger partial charge in [-0.05, 0) is 13.8 Å². The molecule has 0 fully saturated rings. The summed E-state index contributed by atoms with van der Waals surface area (Å²) in [7, 11) is 0. The van der Waals surface area contributed by atoms with Gasteiger partial charge in [0.15, 0.2) is 0 Å². The van der Waals surface area contributed by atoms with Crippen molar-refractivity contribution in [2.24, 2.45) is 5.73 Å². The van der Waals surface area contributed by atoms with E-state index >= 15 is 0 Å². The zero-order valence-electron chi connectivity index (χ0n) is 6.07. The molecule has 0 saturated carbocycles. The topological polar surface area (TPSA) is 93.8 Å². The van der Waals surface area contributed by atoms with E-state index in [1.54, 1.807) is 19.1 Å².